The lowest BCUT2D eigenvalue weighted by Gasteiger charge is -2.33. The summed E-state index contributed by atoms with van der Waals surface area (Å²) in [6.45, 7) is 7.86. The van der Waals surface area contributed by atoms with Gasteiger partial charge in [-0.2, -0.15) is 10.1 Å². The lowest BCUT2D eigenvalue weighted by molar-refractivity contribution is 0.105. The van der Waals surface area contributed by atoms with E-state index in [1.165, 1.54) is 12.8 Å². The van der Waals surface area contributed by atoms with Gasteiger partial charge in [0.2, 0.25) is 5.95 Å². The maximum Gasteiger partial charge on any atom is 0.409 e. The van der Waals surface area contributed by atoms with Crippen molar-refractivity contribution in [3.8, 4) is 0 Å². The molecule has 2 rings (SSSR count). The molecule has 0 unspecified atom stereocenters. The average molecular weight is 322 g/mol. The third kappa shape index (κ3) is 5.22. The molecule has 0 atom stereocenters. The number of hydrogen-bond donors (Lipinski definition) is 1. The number of carbonyl (C=O) groups excluding carboxylic acids is 1. The summed E-state index contributed by atoms with van der Waals surface area (Å²) in [5, 5.41) is 11.4. The first-order valence-corrected chi connectivity index (χ1v) is 8.34. The van der Waals surface area contributed by atoms with E-state index in [0.717, 1.165) is 18.8 Å². The molecule has 1 fully saturated rings. The zero-order chi connectivity index (χ0) is 16.5. The van der Waals surface area contributed by atoms with Crippen molar-refractivity contribution in [1.29, 1.82) is 0 Å². The van der Waals surface area contributed by atoms with E-state index in [9.17, 15) is 4.79 Å². The summed E-state index contributed by atoms with van der Waals surface area (Å²) in [4.78, 5) is 20.0. The lowest BCUT2D eigenvalue weighted by atomic mass is 10.2. The molecule has 1 aliphatic heterocycles. The van der Waals surface area contributed by atoms with Gasteiger partial charge in [0, 0.05) is 32.7 Å². The second-order valence-corrected chi connectivity index (χ2v) is 5.45. The number of anilines is 2. The molecule has 1 saturated heterocycles. The van der Waals surface area contributed by atoms with Gasteiger partial charge in [-0.15, -0.1) is 5.10 Å². The summed E-state index contributed by atoms with van der Waals surface area (Å²) in [5.41, 5.74) is 0. The minimum Gasteiger partial charge on any atom is -0.450 e. The lowest BCUT2D eigenvalue weighted by Crippen LogP contribution is -2.49. The van der Waals surface area contributed by atoms with Crippen LogP contribution in [-0.4, -0.2) is 65.5 Å². The number of nitrogens with one attached hydrogen (secondary N) is 1. The molecule has 1 aliphatic rings. The van der Waals surface area contributed by atoms with Crippen molar-refractivity contribution in [1.82, 2.24) is 20.1 Å². The molecule has 1 aromatic heterocycles. The monoisotopic (exact) mass is 322 g/mol. The second kappa shape index (κ2) is 9.12. The highest BCUT2D eigenvalue weighted by atomic mass is 16.6. The van der Waals surface area contributed by atoms with Crippen LogP contribution in [0.1, 0.15) is 33.1 Å². The summed E-state index contributed by atoms with van der Waals surface area (Å²) < 4.78 is 5.02. The summed E-state index contributed by atoms with van der Waals surface area (Å²) >= 11 is 0. The molecule has 0 aliphatic carbocycles. The van der Waals surface area contributed by atoms with Gasteiger partial charge < -0.3 is 19.9 Å². The maximum atomic E-state index is 11.7. The fraction of sp³-hybridized carbons (Fsp3) is 0.733. The molecule has 0 bridgehead atoms. The first-order chi connectivity index (χ1) is 11.2. The normalized spacial score (nSPS) is 14.7. The number of amides is 1. The SMILES string of the molecule is CCCCCNc1cnnc(N2CCN(C(=O)OCC)CC2)n1. The quantitative estimate of drug-likeness (QED) is 0.766. The van der Waals surface area contributed by atoms with Crippen LogP contribution in [-0.2, 0) is 4.74 Å². The summed E-state index contributed by atoms with van der Waals surface area (Å²) in [7, 11) is 0. The minimum atomic E-state index is -0.252. The average Bonchev–Trinajstić information content (AvgIpc) is 2.59. The highest BCUT2D eigenvalue weighted by Crippen LogP contribution is 2.13. The third-order valence-electron chi connectivity index (χ3n) is 3.72. The van der Waals surface area contributed by atoms with E-state index in [4.69, 9.17) is 4.74 Å². The fourth-order valence-electron chi connectivity index (χ4n) is 2.41. The Morgan fingerprint density at radius 3 is 2.74 bits per heavy atom. The Morgan fingerprint density at radius 2 is 2.04 bits per heavy atom. The van der Waals surface area contributed by atoms with Gasteiger partial charge in [-0.3, -0.25) is 0 Å². The molecule has 0 aromatic carbocycles. The molecule has 128 valence electrons. The maximum absolute atomic E-state index is 11.7. The Labute approximate surface area is 137 Å². The molecule has 0 saturated carbocycles. The van der Waals surface area contributed by atoms with Gasteiger partial charge in [-0.1, -0.05) is 19.8 Å². The van der Waals surface area contributed by atoms with Crippen molar-refractivity contribution in [2.75, 3.05) is 49.5 Å². The number of piperazine rings is 1. The Hall–Kier alpha value is -2.12. The van der Waals surface area contributed by atoms with E-state index in [0.29, 0.717) is 38.7 Å². The Balaban J connectivity index is 1.84. The van der Waals surface area contributed by atoms with Crippen LogP contribution in [0.4, 0.5) is 16.6 Å². The van der Waals surface area contributed by atoms with Gasteiger partial charge in [0.1, 0.15) is 0 Å². The number of aromatic nitrogens is 3. The second-order valence-electron chi connectivity index (χ2n) is 5.45. The standard InChI is InChI=1S/C15H26N6O2/c1-3-5-6-7-16-13-12-17-19-14(18-13)20-8-10-21(11-9-20)15(22)23-4-2/h12H,3-11H2,1-2H3,(H,16,18,19). The molecule has 23 heavy (non-hydrogen) atoms. The van der Waals surface area contributed by atoms with Gasteiger partial charge in [0.15, 0.2) is 5.82 Å². The van der Waals surface area contributed by atoms with Crippen molar-refractivity contribution in [3.63, 3.8) is 0 Å². The molecule has 1 amide bonds. The van der Waals surface area contributed by atoms with Crippen LogP contribution < -0.4 is 10.2 Å². The van der Waals surface area contributed by atoms with Gasteiger partial charge in [0.05, 0.1) is 12.8 Å². The van der Waals surface area contributed by atoms with E-state index < -0.39 is 0 Å². The van der Waals surface area contributed by atoms with E-state index in [1.54, 1.807) is 11.1 Å². The highest BCUT2D eigenvalue weighted by molar-refractivity contribution is 5.68. The topological polar surface area (TPSA) is 83.5 Å². The predicted molar refractivity (Wildman–Crippen MR) is 88.6 cm³/mol. The first kappa shape index (κ1) is 17.2. The molecule has 0 spiro atoms. The van der Waals surface area contributed by atoms with Crippen molar-refractivity contribution in [2.45, 2.75) is 33.1 Å². The molecule has 1 aromatic rings. The molecular weight excluding hydrogens is 296 g/mol. The largest absolute Gasteiger partial charge is 0.450 e. The van der Waals surface area contributed by atoms with Crippen LogP contribution in [0.3, 0.4) is 0 Å². The van der Waals surface area contributed by atoms with Crippen LogP contribution in [0.25, 0.3) is 0 Å². The Bertz CT molecular complexity index is 491. The van der Waals surface area contributed by atoms with Crippen molar-refractivity contribution in [3.05, 3.63) is 6.20 Å². The van der Waals surface area contributed by atoms with E-state index in [2.05, 4.69) is 27.4 Å². The van der Waals surface area contributed by atoms with Crippen LogP contribution in [0.5, 0.6) is 0 Å². The van der Waals surface area contributed by atoms with Crippen molar-refractivity contribution in [2.24, 2.45) is 0 Å². The Kier molecular flexibility index (Phi) is 6.83. The molecule has 1 N–H and O–H groups in total. The van der Waals surface area contributed by atoms with Gasteiger partial charge in [-0.05, 0) is 13.3 Å². The third-order valence-corrected chi connectivity index (χ3v) is 3.72. The van der Waals surface area contributed by atoms with E-state index in [-0.39, 0.29) is 6.09 Å². The zero-order valence-corrected chi connectivity index (χ0v) is 14.0. The zero-order valence-electron chi connectivity index (χ0n) is 14.0. The van der Waals surface area contributed by atoms with Gasteiger partial charge in [-0.25, -0.2) is 4.79 Å². The molecule has 0 radical (unpaired) electrons. The summed E-state index contributed by atoms with van der Waals surface area (Å²) in [6.07, 6.45) is 4.91. The highest BCUT2D eigenvalue weighted by Gasteiger charge is 2.23. The smallest absolute Gasteiger partial charge is 0.409 e. The minimum absolute atomic E-state index is 0.252. The summed E-state index contributed by atoms with van der Waals surface area (Å²) in [6, 6.07) is 0. The van der Waals surface area contributed by atoms with Crippen LogP contribution >= 0.6 is 0 Å². The van der Waals surface area contributed by atoms with Gasteiger partial charge in [0.25, 0.3) is 0 Å². The number of carbonyl (C=O) groups is 1. The number of nitrogens with zero attached hydrogens (tertiary/aromatic N) is 5. The first-order valence-electron chi connectivity index (χ1n) is 8.34. The van der Waals surface area contributed by atoms with Crippen molar-refractivity contribution < 1.29 is 9.53 Å². The molecule has 2 heterocycles. The van der Waals surface area contributed by atoms with E-state index in [1.807, 2.05) is 11.8 Å². The molecule has 8 nitrogen and oxygen atoms in total. The van der Waals surface area contributed by atoms with E-state index >= 15 is 0 Å². The van der Waals surface area contributed by atoms with Crippen LogP contribution in [0.15, 0.2) is 6.20 Å². The van der Waals surface area contributed by atoms with Crippen LogP contribution in [0.2, 0.25) is 0 Å². The van der Waals surface area contributed by atoms with Crippen LogP contribution in [0, 0.1) is 0 Å². The molecular formula is C15H26N6O2. The summed E-state index contributed by atoms with van der Waals surface area (Å²) in [5.74, 6) is 1.35. The Morgan fingerprint density at radius 1 is 1.26 bits per heavy atom. The number of hydrogen-bond acceptors (Lipinski definition) is 7. The predicted octanol–water partition coefficient (Wildman–Crippen LogP) is 1.75. The molecule has 8 heteroatoms. The number of unbranched alkanes of at least 4 members (excludes halogenated alkanes) is 2. The van der Waals surface area contributed by atoms with Crippen molar-refractivity contribution >= 4 is 17.9 Å². The van der Waals surface area contributed by atoms with Gasteiger partial charge >= 0.3 is 6.09 Å². The number of rotatable bonds is 7. The fourth-order valence-corrected chi connectivity index (χ4v) is 2.41. The number of ether oxygens (including phenoxy) is 1.